The molecule has 0 heterocycles. The van der Waals surface area contributed by atoms with Crippen LogP contribution in [0.4, 0.5) is 0 Å². The summed E-state index contributed by atoms with van der Waals surface area (Å²) in [6, 6.07) is 14.3. The van der Waals surface area contributed by atoms with E-state index in [1.807, 2.05) is 18.2 Å². The zero-order valence-electron chi connectivity index (χ0n) is 11.2. The van der Waals surface area contributed by atoms with Crippen LogP contribution in [0.3, 0.4) is 0 Å². The standard InChI is InChI=1S/C16H18BrNO/c1-11-6-7-15(17)14(8-11)16(18)10-12-4-3-5-13(9-12)19-2/h3-9,16H,10,18H2,1-2H3. The van der Waals surface area contributed by atoms with Gasteiger partial charge in [-0.05, 0) is 42.7 Å². The number of aryl methyl sites for hydroxylation is 1. The van der Waals surface area contributed by atoms with Crippen molar-refractivity contribution < 1.29 is 4.74 Å². The van der Waals surface area contributed by atoms with Gasteiger partial charge in [0.1, 0.15) is 5.75 Å². The number of rotatable bonds is 4. The third kappa shape index (κ3) is 3.58. The molecule has 0 fully saturated rings. The van der Waals surface area contributed by atoms with Crippen LogP contribution in [0.5, 0.6) is 5.75 Å². The third-order valence-electron chi connectivity index (χ3n) is 3.14. The topological polar surface area (TPSA) is 35.2 Å². The first kappa shape index (κ1) is 14.1. The molecule has 3 heteroatoms. The minimum absolute atomic E-state index is 0.0265. The lowest BCUT2D eigenvalue weighted by Crippen LogP contribution is -2.14. The van der Waals surface area contributed by atoms with Gasteiger partial charge < -0.3 is 10.5 Å². The summed E-state index contributed by atoms with van der Waals surface area (Å²) < 4.78 is 6.30. The Kier molecular flexibility index (Phi) is 4.61. The molecular formula is C16H18BrNO. The lowest BCUT2D eigenvalue weighted by atomic mass is 9.98. The summed E-state index contributed by atoms with van der Waals surface area (Å²) in [6.45, 7) is 2.08. The van der Waals surface area contributed by atoms with Gasteiger partial charge in [-0.25, -0.2) is 0 Å². The van der Waals surface area contributed by atoms with Crippen LogP contribution < -0.4 is 10.5 Å². The predicted octanol–water partition coefficient (Wildman–Crippen LogP) is 4.01. The van der Waals surface area contributed by atoms with E-state index >= 15 is 0 Å². The molecule has 0 aliphatic rings. The van der Waals surface area contributed by atoms with E-state index in [0.717, 1.165) is 22.2 Å². The summed E-state index contributed by atoms with van der Waals surface area (Å²) in [7, 11) is 1.68. The van der Waals surface area contributed by atoms with E-state index in [2.05, 4.69) is 47.1 Å². The van der Waals surface area contributed by atoms with Gasteiger partial charge in [-0.3, -0.25) is 0 Å². The van der Waals surface area contributed by atoms with Crippen molar-refractivity contribution >= 4 is 15.9 Å². The van der Waals surface area contributed by atoms with Gasteiger partial charge >= 0.3 is 0 Å². The second kappa shape index (κ2) is 6.22. The van der Waals surface area contributed by atoms with E-state index in [-0.39, 0.29) is 6.04 Å². The van der Waals surface area contributed by atoms with Crippen molar-refractivity contribution in [3.05, 3.63) is 63.6 Å². The first-order valence-corrected chi connectivity index (χ1v) is 7.04. The van der Waals surface area contributed by atoms with Gasteiger partial charge in [0.05, 0.1) is 7.11 Å². The minimum atomic E-state index is -0.0265. The first-order chi connectivity index (χ1) is 9.10. The number of hydrogen-bond acceptors (Lipinski definition) is 2. The maximum absolute atomic E-state index is 6.32. The largest absolute Gasteiger partial charge is 0.497 e. The summed E-state index contributed by atoms with van der Waals surface area (Å²) in [5, 5.41) is 0. The fourth-order valence-corrected chi connectivity index (χ4v) is 2.65. The van der Waals surface area contributed by atoms with E-state index in [0.29, 0.717) is 0 Å². The van der Waals surface area contributed by atoms with Gasteiger partial charge in [0.2, 0.25) is 0 Å². The summed E-state index contributed by atoms with van der Waals surface area (Å²) in [4.78, 5) is 0. The predicted molar refractivity (Wildman–Crippen MR) is 82.5 cm³/mol. The van der Waals surface area contributed by atoms with E-state index in [1.54, 1.807) is 7.11 Å². The Morgan fingerprint density at radius 1 is 1.21 bits per heavy atom. The molecule has 2 N–H and O–H groups in total. The number of methoxy groups -OCH3 is 1. The zero-order valence-corrected chi connectivity index (χ0v) is 12.8. The van der Waals surface area contributed by atoms with Gasteiger partial charge in [-0.1, -0.05) is 45.8 Å². The van der Waals surface area contributed by atoms with Gasteiger partial charge in [-0.2, -0.15) is 0 Å². The van der Waals surface area contributed by atoms with Crippen LogP contribution in [0.15, 0.2) is 46.9 Å². The molecule has 0 aliphatic carbocycles. The molecule has 0 saturated heterocycles. The van der Waals surface area contributed by atoms with E-state index < -0.39 is 0 Å². The number of hydrogen-bond donors (Lipinski definition) is 1. The van der Waals surface area contributed by atoms with Gasteiger partial charge in [-0.15, -0.1) is 0 Å². The second-order valence-corrected chi connectivity index (χ2v) is 5.54. The number of benzene rings is 2. The molecule has 2 nitrogen and oxygen atoms in total. The molecule has 0 spiro atoms. The van der Waals surface area contributed by atoms with Gasteiger partial charge in [0, 0.05) is 10.5 Å². The Hall–Kier alpha value is -1.32. The summed E-state index contributed by atoms with van der Waals surface area (Å²) >= 11 is 3.57. The fourth-order valence-electron chi connectivity index (χ4n) is 2.11. The van der Waals surface area contributed by atoms with Crippen molar-refractivity contribution in [1.29, 1.82) is 0 Å². The SMILES string of the molecule is COc1cccc(CC(N)c2cc(C)ccc2Br)c1. The van der Waals surface area contributed by atoms with E-state index in [4.69, 9.17) is 10.5 Å². The molecule has 0 bridgehead atoms. The van der Waals surface area contributed by atoms with Crippen LogP contribution in [0.1, 0.15) is 22.7 Å². The molecule has 100 valence electrons. The highest BCUT2D eigenvalue weighted by atomic mass is 79.9. The Balaban J connectivity index is 2.20. The lowest BCUT2D eigenvalue weighted by molar-refractivity contribution is 0.414. The average Bonchev–Trinajstić information content (AvgIpc) is 2.41. The molecule has 0 amide bonds. The first-order valence-electron chi connectivity index (χ1n) is 6.24. The van der Waals surface area contributed by atoms with Crippen LogP contribution in [0.25, 0.3) is 0 Å². The molecule has 0 aromatic heterocycles. The highest BCUT2D eigenvalue weighted by molar-refractivity contribution is 9.10. The van der Waals surface area contributed by atoms with Crippen molar-refractivity contribution in [3.8, 4) is 5.75 Å². The fraction of sp³-hybridized carbons (Fsp3) is 0.250. The Morgan fingerprint density at radius 3 is 2.74 bits per heavy atom. The summed E-state index contributed by atoms with van der Waals surface area (Å²) in [5.41, 5.74) is 9.86. The maximum atomic E-state index is 6.32. The molecule has 1 atom stereocenters. The van der Waals surface area contributed by atoms with Gasteiger partial charge in [0.25, 0.3) is 0 Å². The quantitative estimate of drug-likeness (QED) is 0.924. The molecule has 2 aromatic rings. The van der Waals surface area contributed by atoms with Crippen molar-refractivity contribution in [2.75, 3.05) is 7.11 Å². The van der Waals surface area contributed by atoms with Crippen LogP contribution in [0, 0.1) is 6.92 Å². The Bertz CT molecular complexity index is 568. The van der Waals surface area contributed by atoms with Crippen molar-refractivity contribution in [1.82, 2.24) is 0 Å². The molecule has 2 aromatic carbocycles. The second-order valence-electron chi connectivity index (χ2n) is 4.69. The van der Waals surface area contributed by atoms with Crippen LogP contribution >= 0.6 is 15.9 Å². The van der Waals surface area contributed by atoms with Crippen LogP contribution in [-0.4, -0.2) is 7.11 Å². The third-order valence-corrected chi connectivity index (χ3v) is 3.86. The van der Waals surface area contributed by atoms with E-state index in [9.17, 15) is 0 Å². The molecule has 0 aliphatic heterocycles. The highest BCUT2D eigenvalue weighted by Crippen LogP contribution is 2.26. The van der Waals surface area contributed by atoms with Gasteiger partial charge in [0.15, 0.2) is 0 Å². The van der Waals surface area contributed by atoms with Crippen molar-refractivity contribution in [2.24, 2.45) is 5.73 Å². The van der Waals surface area contributed by atoms with Crippen molar-refractivity contribution in [3.63, 3.8) is 0 Å². The van der Waals surface area contributed by atoms with Crippen LogP contribution in [0.2, 0.25) is 0 Å². The molecule has 19 heavy (non-hydrogen) atoms. The summed E-state index contributed by atoms with van der Waals surface area (Å²) in [6.07, 6.45) is 0.791. The number of ether oxygens (including phenoxy) is 1. The number of halogens is 1. The molecule has 2 rings (SSSR count). The molecule has 1 unspecified atom stereocenters. The smallest absolute Gasteiger partial charge is 0.119 e. The maximum Gasteiger partial charge on any atom is 0.119 e. The lowest BCUT2D eigenvalue weighted by Gasteiger charge is -2.15. The Morgan fingerprint density at radius 2 is 2.00 bits per heavy atom. The Labute approximate surface area is 122 Å². The molecular weight excluding hydrogens is 302 g/mol. The monoisotopic (exact) mass is 319 g/mol. The molecule has 0 radical (unpaired) electrons. The van der Waals surface area contributed by atoms with Crippen LogP contribution in [-0.2, 0) is 6.42 Å². The van der Waals surface area contributed by atoms with Crippen molar-refractivity contribution in [2.45, 2.75) is 19.4 Å². The summed E-state index contributed by atoms with van der Waals surface area (Å²) in [5.74, 6) is 0.869. The average molecular weight is 320 g/mol. The zero-order chi connectivity index (χ0) is 13.8. The van der Waals surface area contributed by atoms with E-state index in [1.165, 1.54) is 11.1 Å². The molecule has 0 saturated carbocycles. The highest BCUT2D eigenvalue weighted by Gasteiger charge is 2.11. The minimum Gasteiger partial charge on any atom is -0.497 e. The normalized spacial score (nSPS) is 12.2. The number of nitrogens with two attached hydrogens (primary N) is 1.